The van der Waals surface area contributed by atoms with Crippen LogP contribution in [0, 0.1) is 17.8 Å². The molecule has 0 radical (unpaired) electrons. The van der Waals surface area contributed by atoms with Crippen LogP contribution >= 0.6 is 0 Å². The molecule has 0 saturated carbocycles. The van der Waals surface area contributed by atoms with Gasteiger partial charge in [0, 0.05) is 25.6 Å². The Labute approximate surface area is 176 Å². The summed E-state index contributed by atoms with van der Waals surface area (Å²) in [5, 5.41) is 0. The van der Waals surface area contributed by atoms with Gasteiger partial charge in [-0.1, -0.05) is 32.9 Å². The number of morpholine rings is 1. The summed E-state index contributed by atoms with van der Waals surface area (Å²) in [5.74, 6) is 0.908. The first kappa shape index (κ1) is 21.6. The molecule has 1 unspecified atom stereocenters. The minimum atomic E-state index is -4.31. The monoisotopic (exact) mass is 424 g/mol. The standard InChI is InChI=1S/C23H31F3N2O2/c1-14(2)19-13-30-20-8-9-27(11-16-4-6-18(7-5-16)23(24,25)26)12-17-10-15(3)22(29)28(19)21(17)20/h4-7,14-15,17,19-21H,8-13H2,1-3H3/t15-,17+,19+,20+,21?/m0/s1. The SMILES string of the molecule is CC(C)[C@H]1CO[C@@H]2CCN(Cc3ccc(C(F)(F)F)cc3)C[C@H]3C[C@H](C)C(=O)N1C32. The van der Waals surface area contributed by atoms with E-state index in [0.29, 0.717) is 25.0 Å². The van der Waals surface area contributed by atoms with Crippen molar-refractivity contribution in [2.75, 3.05) is 19.7 Å². The number of likely N-dealkylation sites (tertiary alicyclic amines) is 1. The molecule has 0 aromatic heterocycles. The Hall–Kier alpha value is -1.60. The Morgan fingerprint density at radius 1 is 1.20 bits per heavy atom. The molecule has 4 rings (SSSR count). The summed E-state index contributed by atoms with van der Waals surface area (Å²) in [6.07, 6.45) is -2.59. The average molecular weight is 425 g/mol. The van der Waals surface area contributed by atoms with Gasteiger partial charge >= 0.3 is 6.18 Å². The van der Waals surface area contributed by atoms with E-state index in [2.05, 4.69) is 23.6 Å². The highest BCUT2D eigenvalue weighted by Gasteiger charge is 2.51. The van der Waals surface area contributed by atoms with E-state index in [9.17, 15) is 18.0 Å². The minimum absolute atomic E-state index is 0.00253. The van der Waals surface area contributed by atoms with E-state index in [1.165, 1.54) is 0 Å². The Bertz CT molecular complexity index is 765. The van der Waals surface area contributed by atoms with E-state index in [0.717, 1.165) is 43.6 Å². The van der Waals surface area contributed by atoms with Crippen molar-refractivity contribution in [2.24, 2.45) is 17.8 Å². The van der Waals surface area contributed by atoms with Gasteiger partial charge in [0.1, 0.15) is 0 Å². The average Bonchev–Trinajstić information content (AvgIpc) is 2.85. The third-order valence-electron chi connectivity index (χ3n) is 7.04. The fourth-order valence-electron chi connectivity index (χ4n) is 5.48. The topological polar surface area (TPSA) is 32.8 Å². The zero-order valence-corrected chi connectivity index (χ0v) is 17.9. The summed E-state index contributed by atoms with van der Waals surface area (Å²) in [6, 6.07) is 5.69. The van der Waals surface area contributed by atoms with Crippen molar-refractivity contribution in [3.63, 3.8) is 0 Å². The first-order valence-corrected chi connectivity index (χ1v) is 11.0. The second-order valence-corrected chi connectivity index (χ2v) is 9.53. The lowest BCUT2D eigenvalue weighted by Crippen LogP contribution is -2.66. The van der Waals surface area contributed by atoms with Gasteiger partial charge in [-0.2, -0.15) is 13.2 Å². The van der Waals surface area contributed by atoms with Gasteiger partial charge in [0.2, 0.25) is 5.91 Å². The maximum atomic E-state index is 13.1. The highest BCUT2D eigenvalue weighted by molar-refractivity contribution is 5.80. The van der Waals surface area contributed by atoms with Crippen molar-refractivity contribution in [1.82, 2.24) is 9.80 Å². The molecule has 4 nitrogen and oxygen atoms in total. The van der Waals surface area contributed by atoms with E-state index >= 15 is 0 Å². The molecule has 5 atom stereocenters. The summed E-state index contributed by atoms with van der Waals surface area (Å²) in [7, 11) is 0. The van der Waals surface area contributed by atoms with Crippen molar-refractivity contribution in [2.45, 2.75) is 64.5 Å². The molecule has 166 valence electrons. The molecule has 0 bridgehead atoms. The summed E-state index contributed by atoms with van der Waals surface area (Å²) < 4.78 is 44.8. The van der Waals surface area contributed by atoms with Gasteiger partial charge < -0.3 is 9.64 Å². The zero-order valence-electron chi connectivity index (χ0n) is 17.9. The van der Waals surface area contributed by atoms with Crippen LogP contribution in [-0.4, -0.2) is 53.6 Å². The van der Waals surface area contributed by atoms with E-state index < -0.39 is 11.7 Å². The first-order valence-electron chi connectivity index (χ1n) is 11.0. The van der Waals surface area contributed by atoms with Gasteiger partial charge in [-0.05, 0) is 42.4 Å². The highest BCUT2D eigenvalue weighted by Crippen LogP contribution is 2.40. The predicted octanol–water partition coefficient (Wildman–Crippen LogP) is 4.19. The molecule has 3 saturated heterocycles. The lowest BCUT2D eigenvalue weighted by Gasteiger charge is -2.53. The Morgan fingerprint density at radius 3 is 2.53 bits per heavy atom. The van der Waals surface area contributed by atoms with Gasteiger partial charge in [-0.25, -0.2) is 0 Å². The number of carbonyl (C=O) groups is 1. The Morgan fingerprint density at radius 2 is 1.90 bits per heavy atom. The van der Waals surface area contributed by atoms with E-state index in [4.69, 9.17) is 4.74 Å². The fraction of sp³-hybridized carbons (Fsp3) is 0.696. The highest BCUT2D eigenvalue weighted by atomic mass is 19.4. The molecule has 3 fully saturated rings. The quantitative estimate of drug-likeness (QED) is 0.730. The van der Waals surface area contributed by atoms with Crippen molar-refractivity contribution in [3.8, 4) is 0 Å². The second kappa shape index (κ2) is 8.15. The van der Waals surface area contributed by atoms with Gasteiger partial charge in [0.25, 0.3) is 0 Å². The lowest BCUT2D eigenvalue weighted by atomic mass is 9.78. The molecule has 1 aromatic rings. The van der Waals surface area contributed by atoms with Crippen molar-refractivity contribution < 1.29 is 22.7 Å². The van der Waals surface area contributed by atoms with Crippen LogP contribution in [0.25, 0.3) is 0 Å². The molecule has 7 heteroatoms. The van der Waals surface area contributed by atoms with Crippen LogP contribution in [0.4, 0.5) is 13.2 Å². The van der Waals surface area contributed by atoms with Crippen LogP contribution in [0.1, 0.15) is 44.7 Å². The number of ether oxygens (including phenoxy) is 1. The first-order chi connectivity index (χ1) is 14.1. The van der Waals surface area contributed by atoms with Crippen LogP contribution < -0.4 is 0 Å². The summed E-state index contributed by atoms with van der Waals surface area (Å²) in [4.78, 5) is 17.5. The van der Waals surface area contributed by atoms with Crippen molar-refractivity contribution in [1.29, 1.82) is 0 Å². The normalized spacial score (nSPS) is 32.8. The molecule has 0 spiro atoms. The van der Waals surface area contributed by atoms with E-state index in [-0.39, 0.29) is 30.0 Å². The number of hydrogen-bond acceptors (Lipinski definition) is 3. The van der Waals surface area contributed by atoms with Crippen LogP contribution in [0.2, 0.25) is 0 Å². The fourth-order valence-corrected chi connectivity index (χ4v) is 5.48. The number of piperidine rings is 1. The van der Waals surface area contributed by atoms with Gasteiger partial charge in [0.05, 0.1) is 30.4 Å². The number of nitrogens with zero attached hydrogens (tertiary/aromatic N) is 2. The van der Waals surface area contributed by atoms with Crippen LogP contribution in [-0.2, 0) is 22.3 Å². The molecular weight excluding hydrogens is 393 g/mol. The molecule has 1 aromatic carbocycles. The van der Waals surface area contributed by atoms with Crippen molar-refractivity contribution in [3.05, 3.63) is 35.4 Å². The number of benzene rings is 1. The maximum absolute atomic E-state index is 13.1. The second-order valence-electron chi connectivity index (χ2n) is 9.53. The molecule has 0 aliphatic carbocycles. The van der Waals surface area contributed by atoms with Crippen LogP contribution in [0.3, 0.4) is 0 Å². The largest absolute Gasteiger partial charge is 0.416 e. The van der Waals surface area contributed by atoms with Gasteiger partial charge in [-0.15, -0.1) is 0 Å². The molecule has 0 N–H and O–H groups in total. The number of rotatable bonds is 3. The molecule has 3 heterocycles. The third kappa shape index (κ3) is 4.11. The lowest BCUT2D eigenvalue weighted by molar-refractivity contribution is -0.178. The maximum Gasteiger partial charge on any atom is 0.416 e. The van der Waals surface area contributed by atoms with Crippen LogP contribution in [0.5, 0.6) is 0 Å². The molecule has 3 aliphatic rings. The van der Waals surface area contributed by atoms with Gasteiger partial charge in [0.15, 0.2) is 0 Å². The smallest absolute Gasteiger partial charge is 0.374 e. The Kier molecular flexibility index (Phi) is 5.88. The number of carbonyl (C=O) groups excluding carboxylic acids is 1. The number of hydrogen-bond donors (Lipinski definition) is 0. The number of halogens is 3. The van der Waals surface area contributed by atoms with Gasteiger partial charge in [-0.3, -0.25) is 9.69 Å². The number of alkyl halides is 3. The minimum Gasteiger partial charge on any atom is -0.374 e. The molecule has 3 aliphatic heterocycles. The van der Waals surface area contributed by atoms with E-state index in [1.807, 2.05) is 6.92 Å². The molecule has 1 amide bonds. The summed E-state index contributed by atoms with van der Waals surface area (Å²) >= 11 is 0. The Balaban J connectivity index is 1.52. The molecule has 30 heavy (non-hydrogen) atoms. The summed E-state index contributed by atoms with van der Waals surface area (Å²) in [5.41, 5.74) is 0.266. The zero-order chi connectivity index (χ0) is 21.6. The third-order valence-corrected chi connectivity index (χ3v) is 7.04. The van der Waals surface area contributed by atoms with Crippen molar-refractivity contribution >= 4 is 5.91 Å². The van der Waals surface area contributed by atoms with E-state index in [1.54, 1.807) is 12.1 Å². The molecular formula is C23H31F3N2O2. The summed E-state index contributed by atoms with van der Waals surface area (Å²) in [6.45, 7) is 9.16. The number of amides is 1. The predicted molar refractivity (Wildman–Crippen MR) is 108 cm³/mol. The van der Waals surface area contributed by atoms with Crippen LogP contribution in [0.15, 0.2) is 24.3 Å².